The van der Waals surface area contributed by atoms with Crippen molar-refractivity contribution in [1.29, 1.82) is 0 Å². The number of esters is 1. The van der Waals surface area contributed by atoms with E-state index in [4.69, 9.17) is 9.47 Å². The van der Waals surface area contributed by atoms with Crippen molar-refractivity contribution in [3.63, 3.8) is 0 Å². The first-order valence-corrected chi connectivity index (χ1v) is 10.7. The molecule has 2 aromatic rings. The molecule has 0 unspecified atom stereocenters. The zero-order valence-electron chi connectivity index (χ0n) is 16.2. The molecule has 7 nitrogen and oxygen atoms in total. The summed E-state index contributed by atoms with van der Waals surface area (Å²) in [5, 5.41) is 0. The third-order valence-electron chi connectivity index (χ3n) is 4.74. The van der Waals surface area contributed by atoms with E-state index >= 15 is 0 Å². The van der Waals surface area contributed by atoms with Crippen LogP contribution in [-0.4, -0.2) is 57.4 Å². The van der Waals surface area contributed by atoms with Gasteiger partial charge in [-0.25, -0.2) is 8.42 Å². The van der Waals surface area contributed by atoms with E-state index in [0.29, 0.717) is 26.3 Å². The van der Waals surface area contributed by atoms with Gasteiger partial charge in [-0.05, 0) is 42.3 Å². The average Bonchev–Trinajstić information content (AvgIpc) is 2.74. The molecule has 0 saturated carbocycles. The van der Waals surface area contributed by atoms with Gasteiger partial charge in [0.25, 0.3) is 0 Å². The SMILES string of the molecule is Cc1ccccc1CC(=O)OCC(=O)c1ccc(S(=O)(=O)N2CCOCC2)cc1. The van der Waals surface area contributed by atoms with Crippen LogP contribution in [0.5, 0.6) is 0 Å². The van der Waals surface area contributed by atoms with Crippen molar-refractivity contribution in [1.82, 2.24) is 4.31 Å². The molecule has 29 heavy (non-hydrogen) atoms. The maximum Gasteiger partial charge on any atom is 0.310 e. The van der Waals surface area contributed by atoms with E-state index < -0.39 is 21.8 Å². The Labute approximate surface area is 170 Å². The topological polar surface area (TPSA) is 90.0 Å². The number of aryl methyl sites for hydroxylation is 1. The van der Waals surface area contributed by atoms with Gasteiger partial charge >= 0.3 is 5.97 Å². The van der Waals surface area contributed by atoms with E-state index in [1.807, 2.05) is 31.2 Å². The number of morpholine rings is 1. The molecule has 1 saturated heterocycles. The molecule has 0 bridgehead atoms. The van der Waals surface area contributed by atoms with Crippen molar-refractivity contribution in [3.8, 4) is 0 Å². The van der Waals surface area contributed by atoms with Crippen molar-refractivity contribution in [2.45, 2.75) is 18.2 Å². The Kier molecular flexibility index (Phi) is 6.79. The minimum Gasteiger partial charge on any atom is -0.457 e. The van der Waals surface area contributed by atoms with Gasteiger partial charge in [-0.3, -0.25) is 9.59 Å². The Bertz CT molecular complexity index is 978. The van der Waals surface area contributed by atoms with Gasteiger partial charge in [0.15, 0.2) is 12.4 Å². The summed E-state index contributed by atoms with van der Waals surface area (Å²) in [7, 11) is -3.61. The number of carbonyl (C=O) groups is 2. The molecule has 8 heteroatoms. The number of nitrogens with zero attached hydrogens (tertiary/aromatic N) is 1. The molecular weight excluding hydrogens is 394 g/mol. The molecule has 0 aliphatic carbocycles. The first-order valence-electron chi connectivity index (χ1n) is 9.29. The average molecular weight is 417 g/mol. The van der Waals surface area contributed by atoms with Crippen LogP contribution in [0, 0.1) is 6.92 Å². The van der Waals surface area contributed by atoms with Gasteiger partial charge < -0.3 is 9.47 Å². The lowest BCUT2D eigenvalue weighted by molar-refractivity contribution is -0.141. The largest absolute Gasteiger partial charge is 0.457 e. The summed E-state index contributed by atoms with van der Waals surface area (Å²) in [5.41, 5.74) is 2.12. The normalized spacial score (nSPS) is 15.1. The fraction of sp³-hybridized carbons (Fsp3) is 0.333. The molecule has 3 rings (SSSR count). The molecule has 1 heterocycles. The van der Waals surface area contributed by atoms with Gasteiger partial charge in [-0.2, -0.15) is 4.31 Å². The highest BCUT2D eigenvalue weighted by Crippen LogP contribution is 2.18. The Morgan fingerprint density at radius 1 is 1.03 bits per heavy atom. The maximum absolute atomic E-state index is 12.6. The Balaban J connectivity index is 1.57. The van der Waals surface area contributed by atoms with Crippen LogP contribution in [0.3, 0.4) is 0 Å². The molecule has 0 aromatic heterocycles. The summed E-state index contributed by atoms with van der Waals surface area (Å²) in [6.07, 6.45) is 0.0939. The van der Waals surface area contributed by atoms with Crippen LogP contribution in [-0.2, 0) is 30.7 Å². The van der Waals surface area contributed by atoms with Gasteiger partial charge in [0.2, 0.25) is 10.0 Å². The van der Waals surface area contributed by atoms with E-state index in [1.165, 1.54) is 28.6 Å². The van der Waals surface area contributed by atoms with E-state index in [-0.39, 0.29) is 23.5 Å². The predicted octanol–water partition coefficient (Wildman–Crippen LogP) is 1.98. The third kappa shape index (κ3) is 5.29. The molecule has 0 radical (unpaired) electrons. The number of ether oxygens (including phenoxy) is 2. The Hall–Kier alpha value is -2.55. The molecule has 154 valence electrons. The van der Waals surface area contributed by atoms with Crippen molar-refractivity contribution in [3.05, 3.63) is 65.2 Å². The quantitative estimate of drug-likeness (QED) is 0.506. The zero-order chi connectivity index (χ0) is 20.9. The summed E-state index contributed by atoms with van der Waals surface area (Å²) in [6.45, 7) is 2.85. The summed E-state index contributed by atoms with van der Waals surface area (Å²) < 4.78 is 36.8. The minimum absolute atomic E-state index is 0.0939. The van der Waals surface area contributed by atoms with Crippen molar-refractivity contribution in [2.24, 2.45) is 0 Å². The number of ketones is 1. The Morgan fingerprint density at radius 3 is 2.34 bits per heavy atom. The van der Waals surface area contributed by atoms with Crippen LogP contribution in [0.15, 0.2) is 53.4 Å². The third-order valence-corrected chi connectivity index (χ3v) is 6.66. The molecule has 1 aliphatic heterocycles. The highest BCUT2D eigenvalue weighted by atomic mass is 32.2. The zero-order valence-corrected chi connectivity index (χ0v) is 17.0. The summed E-state index contributed by atoms with van der Waals surface area (Å²) in [5.74, 6) is -0.877. The second kappa shape index (κ2) is 9.30. The summed E-state index contributed by atoms with van der Waals surface area (Å²) in [4.78, 5) is 24.4. The summed E-state index contributed by atoms with van der Waals surface area (Å²) in [6, 6.07) is 13.1. The molecule has 0 spiro atoms. The monoisotopic (exact) mass is 417 g/mol. The highest BCUT2D eigenvalue weighted by Gasteiger charge is 2.26. The van der Waals surface area contributed by atoms with E-state index in [1.54, 1.807) is 0 Å². The van der Waals surface area contributed by atoms with Gasteiger partial charge in [0.1, 0.15) is 0 Å². The van der Waals surface area contributed by atoms with Crippen LogP contribution >= 0.6 is 0 Å². The molecule has 0 atom stereocenters. The molecular formula is C21H23NO6S. The van der Waals surface area contributed by atoms with Crippen molar-refractivity contribution >= 4 is 21.8 Å². The number of sulfonamides is 1. The van der Waals surface area contributed by atoms with Crippen LogP contribution in [0.1, 0.15) is 21.5 Å². The van der Waals surface area contributed by atoms with E-state index in [0.717, 1.165) is 11.1 Å². The van der Waals surface area contributed by atoms with Gasteiger partial charge in [0.05, 0.1) is 24.5 Å². The molecule has 0 N–H and O–H groups in total. The van der Waals surface area contributed by atoms with Gasteiger partial charge in [0, 0.05) is 18.7 Å². The van der Waals surface area contributed by atoms with Crippen molar-refractivity contribution in [2.75, 3.05) is 32.9 Å². The van der Waals surface area contributed by atoms with Crippen molar-refractivity contribution < 1.29 is 27.5 Å². The number of benzene rings is 2. The van der Waals surface area contributed by atoms with E-state index in [2.05, 4.69) is 0 Å². The molecule has 1 aliphatic rings. The van der Waals surface area contributed by atoms with Crippen LogP contribution in [0.2, 0.25) is 0 Å². The fourth-order valence-corrected chi connectivity index (χ4v) is 4.40. The highest BCUT2D eigenvalue weighted by molar-refractivity contribution is 7.89. The summed E-state index contributed by atoms with van der Waals surface area (Å²) >= 11 is 0. The smallest absolute Gasteiger partial charge is 0.310 e. The number of rotatable bonds is 7. The van der Waals surface area contributed by atoms with Crippen LogP contribution < -0.4 is 0 Å². The number of Topliss-reactive ketones (excluding diaryl/α,β-unsaturated/α-hetero) is 1. The fourth-order valence-electron chi connectivity index (χ4n) is 2.99. The van der Waals surface area contributed by atoms with Crippen LogP contribution in [0.25, 0.3) is 0 Å². The Morgan fingerprint density at radius 2 is 1.69 bits per heavy atom. The first-order chi connectivity index (χ1) is 13.9. The number of hydrogen-bond donors (Lipinski definition) is 0. The number of carbonyl (C=O) groups excluding carboxylic acids is 2. The maximum atomic E-state index is 12.6. The predicted molar refractivity (Wildman–Crippen MR) is 106 cm³/mol. The van der Waals surface area contributed by atoms with Crippen LogP contribution in [0.4, 0.5) is 0 Å². The minimum atomic E-state index is -3.61. The van der Waals surface area contributed by atoms with Gasteiger partial charge in [-0.1, -0.05) is 24.3 Å². The first kappa shape index (κ1) is 21.2. The molecule has 0 amide bonds. The number of hydrogen-bond acceptors (Lipinski definition) is 6. The second-order valence-corrected chi connectivity index (χ2v) is 8.67. The van der Waals surface area contributed by atoms with Gasteiger partial charge in [-0.15, -0.1) is 0 Å². The molecule has 1 fully saturated rings. The molecule has 2 aromatic carbocycles. The lowest BCUT2D eigenvalue weighted by Gasteiger charge is -2.26. The lowest BCUT2D eigenvalue weighted by atomic mass is 10.1. The standard InChI is InChI=1S/C21H23NO6S/c1-16-4-2-3-5-18(16)14-21(24)28-15-20(23)17-6-8-19(9-7-17)29(25,26)22-10-12-27-13-11-22/h2-9H,10-15H2,1H3. The van der Waals surface area contributed by atoms with E-state index in [9.17, 15) is 18.0 Å². The lowest BCUT2D eigenvalue weighted by Crippen LogP contribution is -2.40. The second-order valence-electron chi connectivity index (χ2n) is 6.73.